The first-order valence-electron chi connectivity index (χ1n) is 15.7. The molecule has 0 aliphatic heterocycles. The van der Waals surface area contributed by atoms with E-state index in [1.807, 2.05) is 0 Å². The summed E-state index contributed by atoms with van der Waals surface area (Å²) in [6, 6.07) is 16.4. The Morgan fingerprint density at radius 3 is 1.58 bits per heavy atom. The minimum atomic E-state index is -4.88. The maximum atomic E-state index is 12.4. The Morgan fingerprint density at radius 2 is 1.17 bits per heavy atom. The predicted molar refractivity (Wildman–Crippen MR) is 195 cm³/mol. The molecule has 1 N–H and O–H groups in total. The Bertz CT molecular complexity index is 2290. The van der Waals surface area contributed by atoms with Crippen LogP contribution in [0.15, 0.2) is 136 Å². The molecule has 294 valence electrons. The van der Waals surface area contributed by atoms with Gasteiger partial charge in [0.1, 0.15) is 19.8 Å². The van der Waals surface area contributed by atoms with Crippen LogP contribution in [0.25, 0.3) is 0 Å². The number of esters is 3. The molecular weight excluding hydrogens is 839 g/mol. The van der Waals surface area contributed by atoms with Crippen molar-refractivity contribution in [1.82, 2.24) is 0 Å². The summed E-state index contributed by atoms with van der Waals surface area (Å²) in [6.45, 7) is 10.3. The molecule has 0 radical (unpaired) electrons. The second-order valence-electron chi connectivity index (χ2n) is 10.6. The Morgan fingerprint density at radius 1 is 0.717 bits per heavy atom. The number of nitro benzene ring substituents is 1. The van der Waals surface area contributed by atoms with E-state index in [9.17, 15) is 52.5 Å². The number of carboxylic acid groups (broad SMARTS) is 1. The van der Waals surface area contributed by atoms with Crippen LogP contribution in [0.4, 0.5) is 28.4 Å². The van der Waals surface area contributed by atoms with Gasteiger partial charge in [-0.15, -0.1) is 6.07 Å². The second kappa shape index (κ2) is 27.2. The summed E-state index contributed by atoms with van der Waals surface area (Å²) in [5.74, 6) is -4.67. The zero-order chi connectivity index (χ0) is 42.1. The maximum absolute atomic E-state index is 12.4. The van der Waals surface area contributed by atoms with Gasteiger partial charge in [-0.25, -0.2) is 19.2 Å². The molecule has 0 aliphatic rings. The van der Waals surface area contributed by atoms with E-state index in [1.54, 1.807) is 0 Å². The van der Waals surface area contributed by atoms with Gasteiger partial charge in [0.15, 0.2) is 0 Å². The van der Waals surface area contributed by atoms with Crippen LogP contribution in [0.3, 0.4) is 0 Å². The number of ether oxygens (including phenoxy) is 3. The fraction of sp³-hybridized carbons (Fsp3) is 0.0811. The summed E-state index contributed by atoms with van der Waals surface area (Å²) in [7, 11) is -4.88. The first kappa shape index (κ1) is 55.3. The molecule has 0 atom stereocenters. The van der Waals surface area contributed by atoms with Gasteiger partial charge < -0.3 is 29.0 Å². The molecule has 4 aromatic carbocycles. The minimum Gasteiger partial charge on any atom is -0.870 e. The molecule has 0 fully saturated rings. The van der Waals surface area contributed by atoms with E-state index in [4.69, 9.17) is 14.2 Å². The Hall–Kier alpha value is -4.71. The summed E-state index contributed by atoms with van der Waals surface area (Å²) < 4.78 is 48.7. The average Bonchev–Trinajstić information content (AvgIpc) is 3.19. The largest absolute Gasteiger partial charge is 1.00 e. The van der Waals surface area contributed by atoms with Crippen LogP contribution in [0.2, 0.25) is 0 Å². The van der Waals surface area contributed by atoms with Gasteiger partial charge in [-0.1, -0.05) is 43.7 Å². The quantitative estimate of drug-likeness (QED) is 0.0142. The fourth-order valence-electron chi connectivity index (χ4n) is 4.08. The van der Waals surface area contributed by atoms with Crippen molar-refractivity contribution in [2.45, 2.75) is 4.90 Å². The molecule has 0 heterocycles. The number of rotatable bonds is 16. The molecule has 0 bridgehead atoms. The topological polar surface area (TPSA) is 289 Å². The Labute approximate surface area is 408 Å². The van der Waals surface area contributed by atoms with Gasteiger partial charge >= 0.3 is 113 Å². The van der Waals surface area contributed by atoms with Gasteiger partial charge in [0.25, 0.3) is 5.69 Å². The number of hydrogen-bond donors (Lipinski definition) is 1. The van der Waals surface area contributed by atoms with Gasteiger partial charge in [0, 0.05) is 12.1 Å². The van der Waals surface area contributed by atoms with E-state index in [-0.39, 0.29) is 148 Å². The standard InChI is InChI=1S/C19H12N5O8S.C18H18O6.3Na/c25-18-14(19(26)27)9-12(21-22-15-3-1-2-4-17(15)33(30,31)32)10-16(18)23-20-11-5-7-13(8-6-11)24(28)29;1-4-7-22-16(19)13-10-14(17(20)23-8-5-2)12-15(11-13)18(21)24-9-6-3;;;/h1,3-10,25H,(H,26,27)(H,30,31,32);4-6,10-12H,1-3,7-9H2;;;/q-1;;3*+1/p-2. The SMILES string of the molecule is C=CCOC(=O)c1cc(C(=O)OCC=C)cc(C(=O)OCC=C)c1.O=C(O)c1cc(N=Nc2cc[c-]cc2S(=O)(=O)[O-])cc(N=Nc2ccc([N+](=O)[O-])cc2)c1[O-].[Na+].[Na+].[Na+]. The van der Waals surface area contributed by atoms with Crippen molar-refractivity contribution in [1.29, 1.82) is 0 Å². The van der Waals surface area contributed by atoms with Crippen LogP contribution in [0.1, 0.15) is 41.4 Å². The van der Waals surface area contributed by atoms with Crippen molar-refractivity contribution in [3.63, 3.8) is 0 Å². The molecule has 0 spiro atoms. The minimum absolute atomic E-state index is 0. The van der Waals surface area contributed by atoms with Gasteiger partial charge in [-0.05, 0) is 53.0 Å². The molecular formula is C37H28N5Na3O14S. The summed E-state index contributed by atoms with van der Waals surface area (Å²) in [5, 5.41) is 47.2. The average molecular weight is 868 g/mol. The Balaban J connectivity index is 0.00000116. The third kappa shape index (κ3) is 17.1. The zero-order valence-electron chi connectivity index (χ0n) is 32.3. The van der Waals surface area contributed by atoms with Crippen molar-refractivity contribution in [3.8, 4) is 5.75 Å². The van der Waals surface area contributed by atoms with E-state index in [1.165, 1.54) is 66.8 Å². The van der Waals surface area contributed by atoms with Crippen molar-refractivity contribution in [2.75, 3.05) is 19.8 Å². The number of nitro groups is 1. The number of azo groups is 2. The molecule has 0 unspecified atom stereocenters. The van der Waals surface area contributed by atoms with E-state index < -0.39 is 60.8 Å². The van der Waals surface area contributed by atoms with Gasteiger partial charge in [-0.2, -0.15) is 38.7 Å². The Kier molecular flexibility index (Phi) is 25.1. The number of carbonyl (C=O) groups is 4. The molecule has 60 heavy (non-hydrogen) atoms. The molecule has 0 aromatic heterocycles. The van der Waals surface area contributed by atoms with Crippen LogP contribution in [0, 0.1) is 16.2 Å². The van der Waals surface area contributed by atoms with Gasteiger partial charge in [0.05, 0.1) is 54.4 Å². The van der Waals surface area contributed by atoms with Crippen molar-refractivity contribution in [3.05, 3.63) is 149 Å². The number of non-ortho nitro benzene ring substituents is 1. The molecule has 23 heteroatoms. The molecule has 0 saturated heterocycles. The molecule has 4 aromatic rings. The van der Waals surface area contributed by atoms with Crippen LogP contribution in [-0.4, -0.2) is 66.7 Å². The first-order chi connectivity index (χ1) is 27.1. The predicted octanol–water partition coefficient (Wildman–Crippen LogP) is -2.37. The van der Waals surface area contributed by atoms with E-state index in [0.717, 1.165) is 24.3 Å². The number of hydrogen-bond acceptors (Lipinski definition) is 17. The molecule has 0 amide bonds. The van der Waals surface area contributed by atoms with Gasteiger partial charge in [0.2, 0.25) is 0 Å². The molecule has 0 saturated carbocycles. The number of carbonyl (C=O) groups excluding carboxylic acids is 3. The summed E-state index contributed by atoms with van der Waals surface area (Å²) >= 11 is 0. The first-order valence-corrected chi connectivity index (χ1v) is 17.1. The maximum Gasteiger partial charge on any atom is 1.00 e. The van der Waals surface area contributed by atoms with Crippen LogP contribution < -0.4 is 93.8 Å². The number of carboxylic acids is 1. The van der Waals surface area contributed by atoms with Crippen molar-refractivity contribution >= 4 is 62.4 Å². The third-order valence-electron chi connectivity index (χ3n) is 6.60. The van der Waals surface area contributed by atoms with Crippen LogP contribution in [0.5, 0.6) is 5.75 Å². The van der Waals surface area contributed by atoms with Gasteiger partial charge in [-0.3, -0.25) is 18.5 Å². The number of nitrogens with zero attached hydrogens (tertiary/aromatic N) is 5. The van der Waals surface area contributed by atoms with E-state index in [2.05, 4.69) is 46.3 Å². The summed E-state index contributed by atoms with van der Waals surface area (Å²) in [5.41, 5.74) is -1.61. The van der Waals surface area contributed by atoms with E-state index in [0.29, 0.717) is 0 Å². The molecule has 4 rings (SSSR count). The number of benzene rings is 4. The number of aromatic carboxylic acids is 1. The van der Waals surface area contributed by atoms with Crippen LogP contribution in [-0.2, 0) is 24.3 Å². The third-order valence-corrected chi connectivity index (χ3v) is 7.47. The summed E-state index contributed by atoms with van der Waals surface area (Å²) in [6.07, 6.45) is 4.21. The van der Waals surface area contributed by atoms with Crippen molar-refractivity contribution in [2.24, 2.45) is 20.5 Å². The van der Waals surface area contributed by atoms with E-state index >= 15 is 0 Å². The second-order valence-corrected chi connectivity index (χ2v) is 12.0. The monoisotopic (exact) mass is 867 g/mol. The zero-order valence-corrected chi connectivity index (χ0v) is 39.1. The fourth-order valence-corrected chi connectivity index (χ4v) is 4.66. The summed E-state index contributed by atoms with van der Waals surface area (Å²) in [4.78, 5) is 56.7. The molecule has 0 aliphatic carbocycles. The smallest absolute Gasteiger partial charge is 0.870 e. The van der Waals surface area contributed by atoms with Crippen LogP contribution >= 0.6 is 0 Å². The van der Waals surface area contributed by atoms with Crippen molar-refractivity contribution < 1.29 is 150 Å². The normalized spacial score (nSPS) is 10.3. The molecule has 19 nitrogen and oxygen atoms in total.